The molecule has 0 aromatic carbocycles. The van der Waals surface area contributed by atoms with Crippen LogP contribution in [-0.2, 0) is 14.3 Å². The largest absolute Gasteiger partial charge is 0.469 e. The zero-order valence-corrected chi connectivity index (χ0v) is 12.9. The first-order chi connectivity index (χ1) is 10.7. The maximum atomic E-state index is 12.8. The van der Waals surface area contributed by atoms with Gasteiger partial charge in [0, 0.05) is 36.7 Å². The first-order valence-electron chi connectivity index (χ1n) is 7.82. The molecule has 0 radical (unpaired) electrons. The molecule has 3 aliphatic rings. The van der Waals surface area contributed by atoms with Crippen LogP contribution in [0.4, 0.5) is 0 Å². The van der Waals surface area contributed by atoms with E-state index < -0.39 is 0 Å². The lowest BCUT2D eigenvalue weighted by Gasteiger charge is -2.26. The van der Waals surface area contributed by atoms with Gasteiger partial charge in [0.1, 0.15) is 0 Å². The van der Waals surface area contributed by atoms with Gasteiger partial charge in [-0.15, -0.1) is 0 Å². The van der Waals surface area contributed by atoms with Crippen LogP contribution in [0.5, 0.6) is 0 Å². The summed E-state index contributed by atoms with van der Waals surface area (Å²) in [7, 11) is 1.37. The highest BCUT2D eigenvalue weighted by molar-refractivity contribution is 5.85. The highest BCUT2D eigenvalue weighted by Crippen LogP contribution is 2.39. The van der Waals surface area contributed by atoms with Gasteiger partial charge in [0.25, 0.3) is 0 Å². The van der Waals surface area contributed by atoms with E-state index in [0.29, 0.717) is 12.5 Å². The summed E-state index contributed by atoms with van der Waals surface area (Å²) in [4.78, 5) is 26.2. The Morgan fingerprint density at radius 2 is 2.05 bits per heavy atom. The Morgan fingerprint density at radius 1 is 1.27 bits per heavy atom. The van der Waals surface area contributed by atoms with Gasteiger partial charge in [0.2, 0.25) is 5.91 Å². The molecule has 3 rings (SSSR count). The van der Waals surface area contributed by atoms with Crippen molar-refractivity contribution >= 4 is 11.9 Å². The number of allylic oxidation sites excluding steroid dienone is 2. The van der Waals surface area contributed by atoms with Crippen LogP contribution < -0.4 is 5.32 Å². The fraction of sp³-hybridized carbons (Fsp3) is 0.529. The van der Waals surface area contributed by atoms with Gasteiger partial charge in [-0.25, -0.2) is 0 Å². The minimum Gasteiger partial charge on any atom is -0.469 e. The minimum absolute atomic E-state index is 0.00393. The monoisotopic (exact) mass is 302 g/mol. The van der Waals surface area contributed by atoms with Gasteiger partial charge in [-0.05, 0) is 6.92 Å². The van der Waals surface area contributed by atoms with E-state index in [9.17, 15) is 9.59 Å². The number of ether oxygens (including phenoxy) is 1. The zero-order valence-electron chi connectivity index (χ0n) is 12.9. The molecule has 1 N–H and O–H groups in total. The maximum Gasteiger partial charge on any atom is 0.306 e. The molecule has 2 heterocycles. The molecule has 0 bridgehead atoms. The Morgan fingerprint density at radius 3 is 2.77 bits per heavy atom. The predicted octanol–water partition coefficient (Wildman–Crippen LogP) is 1.24. The van der Waals surface area contributed by atoms with Gasteiger partial charge in [0.15, 0.2) is 0 Å². The Balaban J connectivity index is 1.92. The maximum absolute atomic E-state index is 12.8. The van der Waals surface area contributed by atoms with Crippen LogP contribution in [0, 0.1) is 17.8 Å². The SMILES string of the molecule is CCN1C=CC2C3C=CC=CC3NC2C(CC(=O)OC)C1=O. The number of amides is 1. The number of nitrogens with one attached hydrogen (secondary N) is 1. The molecule has 118 valence electrons. The number of hydrogen-bond acceptors (Lipinski definition) is 4. The van der Waals surface area contributed by atoms with Gasteiger partial charge < -0.3 is 15.0 Å². The predicted molar refractivity (Wildman–Crippen MR) is 82.6 cm³/mol. The van der Waals surface area contributed by atoms with E-state index in [1.54, 1.807) is 4.90 Å². The number of esters is 1. The normalized spacial score (nSPS) is 36.0. The Hall–Kier alpha value is -1.88. The Labute approximate surface area is 130 Å². The molecule has 5 atom stereocenters. The zero-order chi connectivity index (χ0) is 15.7. The molecule has 5 heteroatoms. The van der Waals surface area contributed by atoms with Crippen molar-refractivity contribution in [3.8, 4) is 0 Å². The van der Waals surface area contributed by atoms with Gasteiger partial charge in [-0.2, -0.15) is 0 Å². The van der Waals surface area contributed by atoms with Crippen molar-refractivity contribution in [3.05, 3.63) is 36.6 Å². The van der Waals surface area contributed by atoms with E-state index in [1.165, 1.54) is 7.11 Å². The lowest BCUT2D eigenvalue weighted by atomic mass is 9.80. The van der Waals surface area contributed by atoms with Crippen LogP contribution in [0.1, 0.15) is 13.3 Å². The molecule has 0 aromatic rings. The number of carbonyl (C=O) groups is 2. The van der Waals surface area contributed by atoms with Crippen LogP contribution in [0.15, 0.2) is 36.6 Å². The van der Waals surface area contributed by atoms with Gasteiger partial charge in [-0.1, -0.05) is 30.4 Å². The van der Waals surface area contributed by atoms with Crippen molar-refractivity contribution in [2.45, 2.75) is 25.4 Å². The van der Waals surface area contributed by atoms with Crippen molar-refractivity contribution in [1.29, 1.82) is 0 Å². The Bertz CT molecular complexity index is 552. The van der Waals surface area contributed by atoms with Crippen molar-refractivity contribution in [3.63, 3.8) is 0 Å². The van der Waals surface area contributed by atoms with Gasteiger partial charge in [-0.3, -0.25) is 9.59 Å². The number of fused-ring (bicyclic) bond motifs is 3. The fourth-order valence-electron chi connectivity index (χ4n) is 3.75. The van der Waals surface area contributed by atoms with Crippen LogP contribution in [-0.4, -0.2) is 42.5 Å². The standard InChI is InChI=1S/C17H22N2O3/c1-3-19-9-8-12-11-6-4-5-7-14(11)18-16(12)13(17(19)21)10-15(20)22-2/h4-9,11-14,16,18H,3,10H2,1-2H3. The van der Waals surface area contributed by atoms with Crippen LogP contribution in [0.2, 0.25) is 0 Å². The van der Waals surface area contributed by atoms with Gasteiger partial charge >= 0.3 is 5.97 Å². The Kier molecular flexibility index (Phi) is 4.16. The molecule has 1 amide bonds. The second-order valence-corrected chi connectivity index (χ2v) is 6.00. The third-order valence-corrected chi connectivity index (χ3v) is 4.90. The van der Waals surface area contributed by atoms with E-state index in [4.69, 9.17) is 4.74 Å². The van der Waals surface area contributed by atoms with Crippen LogP contribution >= 0.6 is 0 Å². The summed E-state index contributed by atoms with van der Waals surface area (Å²) in [5.74, 6) is -0.189. The summed E-state index contributed by atoms with van der Waals surface area (Å²) in [5.41, 5.74) is 0. The number of methoxy groups -OCH3 is 1. The third kappa shape index (κ3) is 2.50. The number of nitrogens with zero attached hydrogens (tertiary/aromatic N) is 1. The molecule has 5 unspecified atom stereocenters. The summed E-state index contributed by atoms with van der Waals surface area (Å²) in [6, 6.07) is 0.188. The highest BCUT2D eigenvalue weighted by Gasteiger charge is 2.48. The second kappa shape index (κ2) is 6.08. The van der Waals surface area contributed by atoms with Crippen LogP contribution in [0.25, 0.3) is 0 Å². The lowest BCUT2D eigenvalue weighted by molar-refractivity contribution is -0.146. The van der Waals surface area contributed by atoms with Gasteiger partial charge in [0.05, 0.1) is 19.4 Å². The van der Waals surface area contributed by atoms with E-state index in [0.717, 1.165) is 0 Å². The van der Waals surface area contributed by atoms with Crippen LogP contribution in [0.3, 0.4) is 0 Å². The molecule has 1 aliphatic carbocycles. The summed E-state index contributed by atoms with van der Waals surface area (Å²) in [6.07, 6.45) is 12.5. The number of carbonyl (C=O) groups excluding carboxylic acids is 2. The van der Waals surface area contributed by atoms with E-state index in [-0.39, 0.29) is 42.2 Å². The molecule has 22 heavy (non-hydrogen) atoms. The average Bonchev–Trinajstić information content (AvgIpc) is 2.85. The van der Waals surface area contributed by atoms with E-state index in [1.807, 2.05) is 19.2 Å². The van der Waals surface area contributed by atoms with Crippen molar-refractivity contribution < 1.29 is 14.3 Å². The summed E-state index contributed by atoms with van der Waals surface area (Å²) >= 11 is 0. The fourth-order valence-corrected chi connectivity index (χ4v) is 3.75. The molecule has 2 aliphatic heterocycles. The topological polar surface area (TPSA) is 58.6 Å². The smallest absolute Gasteiger partial charge is 0.306 e. The molecular formula is C17H22N2O3. The number of hydrogen-bond donors (Lipinski definition) is 1. The second-order valence-electron chi connectivity index (χ2n) is 6.00. The third-order valence-electron chi connectivity index (χ3n) is 4.90. The molecule has 1 fully saturated rings. The summed E-state index contributed by atoms with van der Waals surface area (Å²) < 4.78 is 4.79. The summed E-state index contributed by atoms with van der Waals surface area (Å²) in [6.45, 7) is 2.55. The first kappa shape index (κ1) is 15.0. The van der Waals surface area contributed by atoms with Crippen molar-refractivity contribution in [1.82, 2.24) is 10.2 Å². The minimum atomic E-state index is -0.389. The molecule has 5 nitrogen and oxygen atoms in total. The molecule has 0 spiro atoms. The van der Waals surface area contributed by atoms with E-state index >= 15 is 0 Å². The molecule has 0 aromatic heterocycles. The van der Waals surface area contributed by atoms with E-state index in [2.05, 4.69) is 29.6 Å². The average molecular weight is 302 g/mol. The molecular weight excluding hydrogens is 280 g/mol. The first-order valence-corrected chi connectivity index (χ1v) is 7.82. The summed E-state index contributed by atoms with van der Waals surface area (Å²) in [5, 5.41) is 3.54. The lowest BCUT2D eigenvalue weighted by Crippen LogP contribution is -2.45. The highest BCUT2D eigenvalue weighted by atomic mass is 16.5. The quantitative estimate of drug-likeness (QED) is 0.797. The molecule has 0 saturated carbocycles. The molecule has 1 saturated heterocycles. The number of rotatable bonds is 3. The van der Waals surface area contributed by atoms with Crippen molar-refractivity contribution in [2.24, 2.45) is 17.8 Å². The van der Waals surface area contributed by atoms with Crippen molar-refractivity contribution in [2.75, 3.05) is 13.7 Å².